The molecule has 1 amide bonds. The molecule has 0 bridgehead atoms. The third-order valence-corrected chi connectivity index (χ3v) is 3.29. The standard InChI is InChI=1S/C12H15ClN2O2/c1-15(7-8-4-10(16)5-8)12(17)9-2-3-11(13)14-6-9/h2-3,6,8,10,16H,4-5,7H2,1H3. The van der Waals surface area contributed by atoms with Gasteiger partial charge in [0, 0.05) is 19.8 Å². The van der Waals surface area contributed by atoms with Crippen molar-refractivity contribution in [1.29, 1.82) is 0 Å². The monoisotopic (exact) mass is 254 g/mol. The quantitative estimate of drug-likeness (QED) is 0.834. The number of aliphatic hydroxyl groups is 1. The Bertz CT molecular complexity index is 401. The molecule has 1 aromatic rings. The van der Waals surface area contributed by atoms with E-state index in [2.05, 4.69) is 4.98 Å². The minimum Gasteiger partial charge on any atom is -0.393 e. The summed E-state index contributed by atoms with van der Waals surface area (Å²) in [6, 6.07) is 3.28. The van der Waals surface area contributed by atoms with Crippen molar-refractivity contribution >= 4 is 17.5 Å². The molecular weight excluding hydrogens is 240 g/mol. The second-order valence-electron chi connectivity index (χ2n) is 4.55. The van der Waals surface area contributed by atoms with Gasteiger partial charge in [0.2, 0.25) is 0 Å². The molecule has 2 rings (SSSR count). The maximum atomic E-state index is 12.0. The molecule has 0 saturated heterocycles. The molecule has 4 nitrogen and oxygen atoms in total. The number of aliphatic hydroxyl groups excluding tert-OH is 1. The molecule has 1 aliphatic carbocycles. The van der Waals surface area contributed by atoms with E-state index in [1.54, 1.807) is 24.1 Å². The first-order chi connectivity index (χ1) is 8.06. The molecule has 1 saturated carbocycles. The number of amides is 1. The van der Waals surface area contributed by atoms with Gasteiger partial charge in [0.1, 0.15) is 5.15 Å². The molecule has 5 heteroatoms. The van der Waals surface area contributed by atoms with Crippen molar-refractivity contribution in [3.05, 3.63) is 29.0 Å². The number of aromatic nitrogens is 1. The molecule has 0 unspecified atom stereocenters. The van der Waals surface area contributed by atoms with Crippen LogP contribution in [-0.4, -0.2) is 40.6 Å². The molecule has 0 aromatic carbocycles. The average molecular weight is 255 g/mol. The Morgan fingerprint density at radius 1 is 1.59 bits per heavy atom. The van der Waals surface area contributed by atoms with E-state index < -0.39 is 0 Å². The van der Waals surface area contributed by atoms with Crippen LogP contribution in [0.1, 0.15) is 23.2 Å². The lowest BCUT2D eigenvalue weighted by Crippen LogP contribution is -2.39. The first-order valence-electron chi connectivity index (χ1n) is 5.61. The van der Waals surface area contributed by atoms with E-state index in [9.17, 15) is 9.90 Å². The molecule has 17 heavy (non-hydrogen) atoms. The van der Waals surface area contributed by atoms with Gasteiger partial charge in [0.15, 0.2) is 0 Å². The van der Waals surface area contributed by atoms with Gasteiger partial charge in [-0.2, -0.15) is 0 Å². The summed E-state index contributed by atoms with van der Waals surface area (Å²) in [7, 11) is 1.77. The van der Waals surface area contributed by atoms with Crippen LogP contribution in [0.25, 0.3) is 0 Å². The van der Waals surface area contributed by atoms with E-state index in [0.717, 1.165) is 12.8 Å². The van der Waals surface area contributed by atoms with Crippen LogP contribution in [0.4, 0.5) is 0 Å². The van der Waals surface area contributed by atoms with E-state index in [1.165, 1.54) is 6.20 Å². The van der Waals surface area contributed by atoms with E-state index in [-0.39, 0.29) is 12.0 Å². The predicted octanol–water partition coefficient (Wildman–Crippen LogP) is 1.58. The molecule has 92 valence electrons. The maximum absolute atomic E-state index is 12.0. The Morgan fingerprint density at radius 3 is 2.82 bits per heavy atom. The van der Waals surface area contributed by atoms with Crippen molar-refractivity contribution in [1.82, 2.24) is 9.88 Å². The summed E-state index contributed by atoms with van der Waals surface area (Å²) in [5.41, 5.74) is 0.539. The number of nitrogens with zero attached hydrogens (tertiary/aromatic N) is 2. The molecule has 1 heterocycles. The second-order valence-corrected chi connectivity index (χ2v) is 4.93. The van der Waals surface area contributed by atoms with Crippen molar-refractivity contribution in [2.75, 3.05) is 13.6 Å². The van der Waals surface area contributed by atoms with Gasteiger partial charge in [0.25, 0.3) is 5.91 Å². The van der Waals surface area contributed by atoms with E-state index in [4.69, 9.17) is 11.6 Å². The van der Waals surface area contributed by atoms with Crippen LogP contribution in [0, 0.1) is 5.92 Å². The third-order valence-electron chi connectivity index (χ3n) is 3.06. The highest BCUT2D eigenvalue weighted by atomic mass is 35.5. The van der Waals surface area contributed by atoms with Crippen LogP contribution < -0.4 is 0 Å². The lowest BCUT2D eigenvalue weighted by molar-refractivity contribution is 0.0265. The summed E-state index contributed by atoms with van der Waals surface area (Å²) < 4.78 is 0. The summed E-state index contributed by atoms with van der Waals surface area (Å²) in [6.45, 7) is 0.679. The van der Waals surface area contributed by atoms with Gasteiger partial charge in [-0.05, 0) is 30.9 Å². The zero-order valence-corrected chi connectivity index (χ0v) is 10.4. The number of hydrogen-bond acceptors (Lipinski definition) is 3. The minimum absolute atomic E-state index is 0.0597. The van der Waals surface area contributed by atoms with Crippen LogP contribution in [0.3, 0.4) is 0 Å². The Kier molecular flexibility index (Phi) is 3.64. The normalized spacial score (nSPS) is 23.0. The van der Waals surface area contributed by atoms with Gasteiger partial charge in [-0.3, -0.25) is 4.79 Å². The summed E-state index contributed by atoms with van der Waals surface area (Å²) >= 11 is 5.66. The van der Waals surface area contributed by atoms with E-state index in [1.807, 2.05) is 0 Å². The summed E-state index contributed by atoms with van der Waals surface area (Å²) in [5.74, 6) is 0.356. The minimum atomic E-state index is -0.180. The molecule has 1 fully saturated rings. The number of halogens is 1. The first kappa shape index (κ1) is 12.3. The Morgan fingerprint density at radius 2 is 2.29 bits per heavy atom. The zero-order valence-electron chi connectivity index (χ0n) is 9.64. The Labute approximate surface area is 105 Å². The molecule has 0 radical (unpaired) electrons. The maximum Gasteiger partial charge on any atom is 0.255 e. The molecule has 1 N–H and O–H groups in total. The average Bonchev–Trinajstić information content (AvgIpc) is 2.27. The smallest absolute Gasteiger partial charge is 0.255 e. The van der Waals surface area contributed by atoms with Crippen molar-refractivity contribution in [3.8, 4) is 0 Å². The SMILES string of the molecule is CN(CC1CC(O)C1)C(=O)c1ccc(Cl)nc1. The summed E-state index contributed by atoms with van der Waals surface area (Å²) in [5, 5.41) is 9.57. The van der Waals surface area contributed by atoms with Gasteiger partial charge >= 0.3 is 0 Å². The van der Waals surface area contributed by atoms with Gasteiger partial charge in [-0.1, -0.05) is 11.6 Å². The van der Waals surface area contributed by atoms with Crippen molar-refractivity contribution in [2.24, 2.45) is 5.92 Å². The van der Waals surface area contributed by atoms with Crippen LogP contribution in [0.2, 0.25) is 5.15 Å². The summed E-state index contributed by atoms with van der Waals surface area (Å²) in [4.78, 5) is 17.5. The van der Waals surface area contributed by atoms with Crippen molar-refractivity contribution in [3.63, 3.8) is 0 Å². The fraction of sp³-hybridized carbons (Fsp3) is 0.500. The lowest BCUT2D eigenvalue weighted by atomic mass is 9.82. The summed E-state index contributed by atoms with van der Waals surface area (Å²) in [6.07, 6.45) is 2.88. The van der Waals surface area contributed by atoms with Crippen molar-refractivity contribution in [2.45, 2.75) is 18.9 Å². The molecule has 1 aliphatic rings. The van der Waals surface area contributed by atoms with Crippen molar-refractivity contribution < 1.29 is 9.90 Å². The molecule has 0 spiro atoms. The highest BCUT2D eigenvalue weighted by molar-refractivity contribution is 6.29. The Balaban J connectivity index is 1.92. The van der Waals surface area contributed by atoms with Crippen LogP contribution >= 0.6 is 11.6 Å². The first-order valence-corrected chi connectivity index (χ1v) is 5.99. The van der Waals surface area contributed by atoms with E-state index in [0.29, 0.717) is 23.2 Å². The lowest BCUT2D eigenvalue weighted by Gasteiger charge is -2.34. The number of carbonyl (C=O) groups excluding carboxylic acids is 1. The van der Waals surface area contributed by atoms with Gasteiger partial charge in [-0.25, -0.2) is 4.98 Å². The number of hydrogen-bond donors (Lipinski definition) is 1. The van der Waals surface area contributed by atoms with Gasteiger partial charge in [0.05, 0.1) is 11.7 Å². The predicted molar refractivity (Wildman–Crippen MR) is 64.9 cm³/mol. The van der Waals surface area contributed by atoms with Crippen LogP contribution in [0.15, 0.2) is 18.3 Å². The molecular formula is C12H15ClN2O2. The second kappa shape index (κ2) is 5.02. The van der Waals surface area contributed by atoms with Crippen LogP contribution in [-0.2, 0) is 0 Å². The largest absolute Gasteiger partial charge is 0.393 e. The third kappa shape index (κ3) is 2.96. The highest BCUT2D eigenvalue weighted by Crippen LogP contribution is 2.27. The molecule has 0 aliphatic heterocycles. The Hall–Kier alpha value is -1.13. The molecule has 1 aromatic heterocycles. The fourth-order valence-corrected chi connectivity index (χ4v) is 2.15. The topological polar surface area (TPSA) is 53.4 Å². The van der Waals surface area contributed by atoms with E-state index >= 15 is 0 Å². The zero-order chi connectivity index (χ0) is 12.4. The number of rotatable bonds is 3. The number of pyridine rings is 1. The number of carbonyl (C=O) groups is 1. The molecule has 0 atom stereocenters. The van der Waals surface area contributed by atoms with Gasteiger partial charge < -0.3 is 10.0 Å². The van der Waals surface area contributed by atoms with Gasteiger partial charge in [-0.15, -0.1) is 0 Å². The fourth-order valence-electron chi connectivity index (χ4n) is 2.04. The highest BCUT2D eigenvalue weighted by Gasteiger charge is 2.29. The van der Waals surface area contributed by atoms with Crippen LogP contribution in [0.5, 0.6) is 0 Å².